The van der Waals surface area contributed by atoms with Crippen molar-refractivity contribution in [3.05, 3.63) is 47.3 Å². The molecule has 1 amide bonds. The number of anilines is 1. The van der Waals surface area contributed by atoms with E-state index in [1.165, 1.54) is 11.1 Å². The summed E-state index contributed by atoms with van der Waals surface area (Å²) in [6.07, 6.45) is 4.45. The third-order valence-corrected chi connectivity index (χ3v) is 5.12. The second kappa shape index (κ2) is 7.72. The molecule has 1 fully saturated rings. The highest BCUT2D eigenvalue weighted by molar-refractivity contribution is 5.76. The highest BCUT2D eigenvalue weighted by Gasteiger charge is 2.23. The van der Waals surface area contributed by atoms with E-state index in [-0.39, 0.29) is 5.91 Å². The van der Waals surface area contributed by atoms with Gasteiger partial charge in [-0.25, -0.2) is 0 Å². The molecule has 5 nitrogen and oxygen atoms in total. The Morgan fingerprint density at radius 2 is 2.08 bits per heavy atom. The molecule has 1 aliphatic rings. The zero-order valence-electron chi connectivity index (χ0n) is 15.5. The number of aryl methyl sites for hydroxylation is 4. The molecular weight excluding hydrogens is 312 g/mol. The first-order valence-corrected chi connectivity index (χ1v) is 9.13. The van der Waals surface area contributed by atoms with Gasteiger partial charge in [-0.3, -0.25) is 9.48 Å². The van der Waals surface area contributed by atoms with Crippen molar-refractivity contribution in [3.8, 4) is 0 Å². The van der Waals surface area contributed by atoms with E-state index in [2.05, 4.69) is 42.5 Å². The maximum atomic E-state index is 12.6. The Kier molecular flexibility index (Phi) is 5.41. The predicted molar refractivity (Wildman–Crippen MR) is 101 cm³/mol. The average molecular weight is 340 g/mol. The van der Waals surface area contributed by atoms with Gasteiger partial charge in [0.05, 0.1) is 0 Å². The smallest absolute Gasteiger partial charge is 0.224 e. The van der Waals surface area contributed by atoms with Crippen LogP contribution >= 0.6 is 0 Å². The summed E-state index contributed by atoms with van der Waals surface area (Å²) in [5.74, 6) is 0.224. The number of nitrogens with one attached hydrogen (secondary N) is 1. The number of rotatable bonds is 5. The maximum Gasteiger partial charge on any atom is 0.224 e. The summed E-state index contributed by atoms with van der Waals surface area (Å²) in [7, 11) is 0. The van der Waals surface area contributed by atoms with Crippen LogP contribution in [0.25, 0.3) is 0 Å². The van der Waals surface area contributed by atoms with Gasteiger partial charge in [-0.05, 0) is 62.9 Å². The Balaban J connectivity index is 1.54. The minimum atomic E-state index is 0.224. The summed E-state index contributed by atoms with van der Waals surface area (Å²) in [5.41, 5.74) is 4.85. The number of amides is 1. The molecule has 1 aliphatic heterocycles. The maximum absolute atomic E-state index is 12.6. The number of aromatic nitrogens is 2. The van der Waals surface area contributed by atoms with Crippen LogP contribution in [0.15, 0.2) is 30.5 Å². The largest absolute Gasteiger partial charge is 0.381 e. The third kappa shape index (κ3) is 4.41. The lowest BCUT2D eigenvalue weighted by molar-refractivity contribution is -0.132. The van der Waals surface area contributed by atoms with Gasteiger partial charge in [0.2, 0.25) is 5.91 Å². The number of hydrogen-bond donors (Lipinski definition) is 1. The monoisotopic (exact) mass is 340 g/mol. The molecule has 25 heavy (non-hydrogen) atoms. The highest BCUT2D eigenvalue weighted by atomic mass is 16.2. The molecule has 0 aliphatic carbocycles. The summed E-state index contributed by atoms with van der Waals surface area (Å²) in [6.45, 7) is 8.58. The summed E-state index contributed by atoms with van der Waals surface area (Å²) < 4.78 is 1.90. The van der Waals surface area contributed by atoms with Gasteiger partial charge in [0.15, 0.2) is 0 Å². The molecule has 0 bridgehead atoms. The van der Waals surface area contributed by atoms with Crippen LogP contribution in [0, 0.1) is 20.8 Å². The number of piperidine rings is 1. The van der Waals surface area contributed by atoms with Crippen LogP contribution in [0.1, 0.15) is 36.1 Å². The number of carbonyl (C=O) groups is 1. The van der Waals surface area contributed by atoms with Crippen LogP contribution < -0.4 is 5.32 Å². The minimum absolute atomic E-state index is 0.224. The zero-order chi connectivity index (χ0) is 17.8. The molecule has 0 spiro atoms. The highest BCUT2D eigenvalue weighted by Crippen LogP contribution is 2.19. The van der Waals surface area contributed by atoms with Crippen molar-refractivity contribution < 1.29 is 4.79 Å². The van der Waals surface area contributed by atoms with Crippen molar-refractivity contribution in [2.75, 3.05) is 18.4 Å². The zero-order valence-corrected chi connectivity index (χ0v) is 15.5. The van der Waals surface area contributed by atoms with Crippen molar-refractivity contribution in [1.29, 1.82) is 0 Å². The second-order valence-electron chi connectivity index (χ2n) is 7.07. The lowest BCUT2D eigenvalue weighted by Crippen LogP contribution is -2.45. The lowest BCUT2D eigenvalue weighted by Gasteiger charge is -2.34. The number of hydrogen-bond acceptors (Lipinski definition) is 3. The molecule has 2 heterocycles. The summed E-state index contributed by atoms with van der Waals surface area (Å²) in [6, 6.07) is 8.76. The molecule has 2 aromatic rings. The third-order valence-electron chi connectivity index (χ3n) is 5.12. The molecule has 1 N–H and O–H groups in total. The SMILES string of the molecule is Cc1ccc(N[C@@H]2CCCN(C(=O)CCn3nccc3C)C2)cc1C. The first-order valence-electron chi connectivity index (χ1n) is 9.13. The first kappa shape index (κ1) is 17.5. The van der Waals surface area contributed by atoms with Crippen molar-refractivity contribution in [1.82, 2.24) is 14.7 Å². The van der Waals surface area contributed by atoms with Gasteiger partial charge in [-0.15, -0.1) is 0 Å². The van der Waals surface area contributed by atoms with E-state index < -0.39 is 0 Å². The van der Waals surface area contributed by atoms with Gasteiger partial charge in [0.1, 0.15) is 0 Å². The Morgan fingerprint density at radius 1 is 1.24 bits per heavy atom. The van der Waals surface area contributed by atoms with Crippen LogP contribution in [0.5, 0.6) is 0 Å². The fraction of sp³-hybridized carbons (Fsp3) is 0.500. The Morgan fingerprint density at radius 3 is 2.80 bits per heavy atom. The standard InChI is InChI=1S/C20H28N4O/c1-15-6-7-18(13-16(15)2)22-19-5-4-11-23(14-19)20(25)9-12-24-17(3)8-10-21-24/h6-8,10,13,19,22H,4-5,9,11-12,14H2,1-3H3/t19-/m1/s1. The lowest BCUT2D eigenvalue weighted by atomic mass is 10.0. The van der Waals surface area contributed by atoms with Gasteiger partial charge in [0.25, 0.3) is 0 Å². The summed E-state index contributed by atoms with van der Waals surface area (Å²) in [4.78, 5) is 14.6. The van der Waals surface area contributed by atoms with E-state index in [4.69, 9.17) is 0 Å². The Hall–Kier alpha value is -2.30. The fourth-order valence-electron chi connectivity index (χ4n) is 3.38. The molecule has 0 radical (unpaired) electrons. The van der Waals surface area contributed by atoms with Crippen LogP contribution in [0.2, 0.25) is 0 Å². The first-order chi connectivity index (χ1) is 12.0. The van der Waals surface area contributed by atoms with E-state index in [9.17, 15) is 4.79 Å². The average Bonchev–Trinajstić information content (AvgIpc) is 3.01. The molecule has 134 valence electrons. The molecule has 3 rings (SSSR count). The van der Waals surface area contributed by atoms with Crippen LogP contribution in [0.4, 0.5) is 5.69 Å². The molecule has 1 saturated heterocycles. The Labute approximate surface area is 150 Å². The minimum Gasteiger partial charge on any atom is -0.381 e. The van der Waals surface area contributed by atoms with Gasteiger partial charge in [0, 0.05) is 49.7 Å². The number of carbonyl (C=O) groups excluding carboxylic acids is 1. The van der Waals surface area contributed by atoms with E-state index in [1.807, 2.05) is 22.6 Å². The van der Waals surface area contributed by atoms with Gasteiger partial charge < -0.3 is 10.2 Å². The molecule has 0 unspecified atom stereocenters. The molecule has 1 atom stereocenters. The van der Waals surface area contributed by atoms with Gasteiger partial charge in [-0.2, -0.15) is 5.10 Å². The quantitative estimate of drug-likeness (QED) is 0.908. The van der Waals surface area contributed by atoms with Crippen molar-refractivity contribution >= 4 is 11.6 Å². The summed E-state index contributed by atoms with van der Waals surface area (Å²) in [5, 5.41) is 7.85. The fourth-order valence-corrected chi connectivity index (χ4v) is 3.38. The molecule has 5 heteroatoms. The number of nitrogens with zero attached hydrogens (tertiary/aromatic N) is 3. The van der Waals surface area contributed by atoms with Gasteiger partial charge in [-0.1, -0.05) is 6.07 Å². The topological polar surface area (TPSA) is 50.2 Å². The number of likely N-dealkylation sites (tertiary alicyclic amines) is 1. The van der Waals surface area contributed by atoms with Crippen LogP contribution in [-0.4, -0.2) is 39.7 Å². The molecule has 1 aromatic heterocycles. The van der Waals surface area contributed by atoms with E-state index in [1.54, 1.807) is 6.20 Å². The molecule has 0 saturated carbocycles. The second-order valence-corrected chi connectivity index (χ2v) is 7.07. The molecule has 1 aromatic carbocycles. The normalized spacial score (nSPS) is 17.6. The molecular formula is C20H28N4O. The van der Waals surface area contributed by atoms with Crippen LogP contribution in [-0.2, 0) is 11.3 Å². The Bertz CT molecular complexity index is 737. The van der Waals surface area contributed by atoms with E-state index in [0.29, 0.717) is 19.0 Å². The summed E-state index contributed by atoms with van der Waals surface area (Å²) >= 11 is 0. The van der Waals surface area contributed by atoms with Gasteiger partial charge >= 0.3 is 0 Å². The van der Waals surface area contributed by atoms with Crippen molar-refractivity contribution in [2.24, 2.45) is 0 Å². The van der Waals surface area contributed by atoms with E-state index in [0.717, 1.165) is 37.3 Å². The predicted octanol–water partition coefficient (Wildman–Crippen LogP) is 3.30. The van der Waals surface area contributed by atoms with Crippen molar-refractivity contribution in [3.63, 3.8) is 0 Å². The van der Waals surface area contributed by atoms with Crippen molar-refractivity contribution in [2.45, 2.75) is 52.6 Å². The number of benzene rings is 1. The van der Waals surface area contributed by atoms with E-state index >= 15 is 0 Å². The van der Waals surface area contributed by atoms with Crippen LogP contribution in [0.3, 0.4) is 0 Å².